The first kappa shape index (κ1) is 9.55. The number of nitriles is 1. The fraction of sp³-hybridized carbons (Fsp3) is 0. The summed E-state index contributed by atoms with van der Waals surface area (Å²) in [6, 6.07) is 12.2. The third-order valence-electron chi connectivity index (χ3n) is 2.66. The minimum atomic E-state index is 0.175. The molecule has 0 unspecified atom stereocenters. The van der Waals surface area contributed by atoms with Gasteiger partial charge in [0.05, 0.1) is 22.7 Å². The maximum atomic E-state index is 9.50. The van der Waals surface area contributed by atoms with Gasteiger partial charge in [0.2, 0.25) is 0 Å². The number of hydrogen-bond acceptors (Lipinski definition) is 4. The molecule has 0 aliphatic rings. The molecule has 17 heavy (non-hydrogen) atoms. The van der Waals surface area contributed by atoms with Crippen LogP contribution in [0.5, 0.6) is 5.75 Å². The van der Waals surface area contributed by atoms with E-state index in [0.29, 0.717) is 16.6 Å². The van der Waals surface area contributed by atoms with Crippen molar-refractivity contribution in [2.24, 2.45) is 0 Å². The van der Waals surface area contributed by atoms with E-state index in [0.717, 1.165) is 10.8 Å². The van der Waals surface area contributed by atoms with Gasteiger partial charge in [-0.15, -0.1) is 10.2 Å². The fourth-order valence-electron chi connectivity index (χ4n) is 1.84. The van der Waals surface area contributed by atoms with Gasteiger partial charge in [0.25, 0.3) is 0 Å². The van der Waals surface area contributed by atoms with Gasteiger partial charge in [0.1, 0.15) is 5.75 Å². The molecule has 0 amide bonds. The Balaban J connectivity index is 2.52. The highest BCUT2D eigenvalue weighted by atomic mass is 16.3. The molecule has 4 nitrogen and oxygen atoms in total. The van der Waals surface area contributed by atoms with Gasteiger partial charge in [0, 0.05) is 10.8 Å². The lowest BCUT2D eigenvalue weighted by atomic mass is 10.1. The molecule has 0 saturated carbocycles. The summed E-state index contributed by atoms with van der Waals surface area (Å²) in [6.45, 7) is 0. The van der Waals surface area contributed by atoms with Crippen LogP contribution in [0, 0.1) is 11.3 Å². The smallest absolute Gasteiger partial charge is 0.116 e. The molecule has 1 N–H and O–H groups in total. The number of rotatable bonds is 0. The number of phenols is 1. The van der Waals surface area contributed by atoms with Crippen LogP contribution in [0.25, 0.3) is 21.8 Å². The Morgan fingerprint density at radius 2 is 1.59 bits per heavy atom. The van der Waals surface area contributed by atoms with Gasteiger partial charge in [0.15, 0.2) is 0 Å². The molecular weight excluding hydrogens is 214 g/mol. The Morgan fingerprint density at radius 3 is 2.29 bits per heavy atom. The zero-order valence-electron chi connectivity index (χ0n) is 8.75. The minimum absolute atomic E-state index is 0.175. The predicted molar refractivity (Wildman–Crippen MR) is 63.4 cm³/mol. The molecule has 2 aromatic carbocycles. The molecule has 0 bridgehead atoms. The van der Waals surface area contributed by atoms with E-state index in [1.165, 1.54) is 0 Å². The third kappa shape index (κ3) is 1.45. The van der Waals surface area contributed by atoms with E-state index in [4.69, 9.17) is 5.26 Å². The van der Waals surface area contributed by atoms with Gasteiger partial charge >= 0.3 is 0 Å². The molecule has 3 rings (SSSR count). The van der Waals surface area contributed by atoms with Crippen LogP contribution in [0.15, 0.2) is 36.4 Å². The number of phenolic OH excluding ortho intramolecular Hbond substituents is 1. The summed E-state index contributed by atoms with van der Waals surface area (Å²) in [5, 5.41) is 28.1. The summed E-state index contributed by atoms with van der Waals surface area (Å²) in [7, 11) is 0. The lowest BCUT2D eigenvalue weighted by molar-refractivity contribution is 0.476. The summed E-state index contributed by atoms with van der Waals surface area (Å²) in [5.41, 5.74) is 1.97. The first-order valence-corrected chi connectivity index (χ1v) is 5.07. The van der Waals surface area contributed by atoms with Gasteiger partial charge in [-0.2, -0.15) is 5.26 Å². The standard InChI is InChI=1S/C13H7N3O/c14-7-8-1-3-12-10(5-8)11-6-9(17)2-4-13(11)16-15-12/h1-6,17H. The number of aromatic nitrogens is 2. The quantitative estimate of drug-likeness (QED) is 0.591. The highest BCUT2D eigenvalue weighted by molar-refractivity contribution is 6.04. The van der Waals surface area contributed by atoms with Crippen LogP contribution in [0.3, 0.4) is 0 Å². The van der Waals surface area contributed by atoms with Crippen LogP contribution in [0.2, 0.25) is 0 Å². The molecule has 1 heterocycles. The van der Waals surface area contributed by atoms with Crippen LogP contribution in [-0.4, -0.2) is 15.3 Å². The van der Waals surface area contributed by atoms with Crippen LogP contribution in [0.1, 0.15) is 5.56 Å². The SMILES string of the molecule is N#Cc1ccc2nnc3ccc(O)cc3c2c1. The van der Waals surface area contributed by atoms with E-state index in [-0.39, 0.29) is 5.75 Å². The number of aromatic hydroxyl groups is 1. The Bertz CT molecular complexity index is 775. The lowest BCUT2D eigenvalue weighted by Crippen LogP contribution is -1.88. The van der Waals surface area contributed by atoms with Crippen molar-refractivity contribution in [2.45, 2.75) is 0 Å². The third-order valence-corrected chi connectivity index (χ3v) is 2.66. The van der Waals surface area contributed by atoms with Gasteiger partial charge in [-0.05, 0) is 36.4 Å². The Kier molecular flexibility index (Phi) is 1.92. The van der Waals surface area contributed by atoms with Crippen molar-refractivity contribution in [2.75, 3.05) is 0 Å². The Hall–Kier alpha value is -2.67. The van der Waals surface area contributed by atoms with Crippen molar-refractivity contribution in [3.63, 3.8) is 0 Å². The van der Waals surface area contributed by atoms with Crippen molar-refractivity contribution < 1.29 is 5.11 Å². The highest BCUT2D eigenvalue weighted by Crippen LogP contribution is 2.25. The van der Waals surface area contributed by atoms with Gasteiger partial charge in [-0.3, -0.25) is 0 Å². The van der Waals surface area contributed by atoms with Gasteiger partial charge in [-0.25, -0.2) is 0 Å². The predicted octanol–water partition coefficient (Wildman–Crippen LogP) is 2.36. The zero-order valence-corrected chi connectivity index (χ0v) is 8.75. The van der Waals surface area contributed by atoms with Crippen LogP contribution in [0.4, 0.5) is 0 Å². The van der Waals surface area contributed by atoms with Crippen molar-refractivity contribution in [1.82, 2.24) is 10.2 Å². The summed E-state index contributed by atoms with van der Waals surface area (Å²) < 4.78 is 0. The van der Waals surface area contributed by atoms with Crippen LogP contribution < -0.4 is 0 Å². The molecule has 0 fully saturated rings. The zero-order chi connectivity index (χ0) is 11.8. The van der Waals surface area contributed by atoms with Gasteiger partial charge in [-0.1, -0.05) is 0 Å². The van der Waals surface area contributed by atoms with E-state index in [2.05, 4.69) is 16.3 Å². The first-order valence-electron chi connectivity index (χ1n) is 5.07. The average molecular weight is 221 g/mol. The maximum absolute atomic E-state index is 9.50. The van der Waals surface area contributed by atoms with E-state index in [1.54, 1.807) is 36.4 Å². The summed E-state index contributed by atoms with van der Waals surface area (Å²) in [6.07, 6.45) is 0. The van der Waals surface area contributed by atoms with Crippen LogP contribution in [-0.2, 0) is 0 Å². The topological polar surface area (TPSA) is 69.8 Å². The molecule has 0 radical (unpaired) electrons. The Labute approximate surface area is 96.8 Å². The number of nitrogens with zero attached hydrogens (tertiary/aromatic N) is 3. The second-order valence-electron chi connectivity index (χ2n) is 3.75. The summed E-state index contributed by atoms with van der Waals surface area (Å²) >= 11 is 0. The van der Waals surface area contributed by atoms with E-state index < -0.39 is 0 Å². The van der Waals surface area contributed by atoms with Crippen LogP contribution >= 0.6 is 0 Å². The minimum Gasteiger partial charge on any atom is -0.508 e. The molecule has 0 aliphatic heterocycles. The first-order chi connectivity index (χ1) is 8.28. The molecular formula is C13H7N3O. The van der Waals surface area contributed by atoms with E-state index in [9.17, 15) is 5.11 Å². The Morgan fingerprint density at radius 1 is 0.941 bits per heavy atom. The second kappa shape index (κ2) is 3.42. The second-order valence-corrected chi connectivity index (χ2v) is 3.75. The van der Waals surface area contributed by atoms with Gasteiger partial charge < -0.3 is 5.11 Å². The lowest BCUT2D eigenvalue weighted by Gasteiger charge is -2.02. The number of benzene rings is 2. The van der Waals surface area contributed by atoms with E-state index in [1.807, 2.05) is 0 Å². The summed E-state index contributed by atoms with van der Waals surface area (Å²) in [4.78, 5) is 0. The molecule has 0 atom stereocenters. The maximum Gasteiger partial charge on any atom is 0.116 e. The molecule has 0 aliphatic carbocycles. The van der Waals surface area contributed by atoms with E-state index >= 15 is 0 Å². The van der Waals surface area contributed by atoms with Crippen molar-refractivity contribution in [3.05, 3.63) is 42.0 Å². The molecule has 4 heteroatoms. The number of fused-ring (bicyclic) bond motifs is 3. The molecule has 0 saturated heterocycles. The summed E-state index contributed by atoms with van der Waals surface area (Å²) in [5.74, 6) is 0.175. The molecule has 0 spiro atoms. The largest absolute Gasteiger partial charge is 0.508 e. The molecule has 1 aromatic heterocycles. The fourth-order valence-corrected chi connectivity index (χ4v) is 1.84. The average Bonchev–Trinajstić information content (AvgIpc) is 2.38. The normalized spacial score (nSPS) is 10.5. The highest BCUT2D eigenvalue weighted by Gasteiger charge is 2.05. The monoisotopic (exact) mass is 221 g/mol. The van der Waals surface area contributed by atoms with Crippen molar-refractivity contribution >= 4 is 21.8 Å². The number of hydrogen-bond donors (Lipinski definition) is 1. The van der Waals surface area contributed by atoms with Crippen molar-refractivity contribution in [1.29, 1.82) is 5.26 Å². The van der Waals surface area contributed by atoms with Crippen molar-refractivity contribution in [3.8, 4) is 11.8 Å². The molecule has 3 aromatic rings. The molecule has 80 valence electrons.